The molecule has 0 unspecified atom stereocenters. The van der Waals surface area contributed by atoms with Crippen molar-refractivity contribution in [2.24, 2.45) is 5.73 Å². The number of carbonyl (C=O) groups is 1. The van der Waals surface area contributed by atoms with Crippen molar-refractivity contribution in [3.63, 3.8) is 0 Å². The number of hydrogen-bond donors (Lipinski definition) is 2. The first kappa shape index (κ1) is 15.3. The Morgan fingerprint density at radius 1 is 1.10 bits per heavy atom. The lowest BCUT2D eigenvalue weighted by molar-refractivity contribution is -0.117. The maximum Gasteiger partial charge on any atom is 0.241 e. The molecule has 1 amide bonds. The van der Waals surface area contributed by atoms with Gasteiger partial charge in [-0.2, -0.15) is 0 Å². The summed E-state index contributed by atoms with van der Waals surface area (Å²) < 4.78 is 0. The van der Waals surface area contributed by atoms with E-state index in [1.54, 1.807) is 0 Å². The Balaban J connectivity index is 1.87. The van der Waals surface area contributed by atoms with E-state index in [0.29, 0.717) is 6.42 Å². The molecule has 0 heterocycles. The molecule has 21 heavy (non-hydrogen) atoms. The molecule has 3 nitrogen and oxygen atoms in total. The highest BCUT2D eigenvalue weighted by Crippen LogP contribution is 2.12. The molecule has 1 atom stereocenters. The average Bonchev–Trinajstić information content (AvgIpc) is 2.53. The van der Waals surface area contributed by atoms with Gasteiger partial charge in [0, 0.05) is 5.69 Å². The number of hydrogen-bond acceptors (Lipinski definition) is 2. The van der Waals surface area contributed by atoms with Crippen molar-refractivity contribution in [3.8, 4) is 0 Å². The number of aryl methyl sites for hydroxylation is 2. The van der Waals surface area contributed by atoms with Gasteiger partial charge in [0.2, 0.25) is 5.91 Å². The summed E-state index contributed by atoms with van der Waals surface area (Å²) in [4.78, 5) is 12.1. The van der Waals surface area contributed by atoms with Crippen LogP contribution in [0.25, 0.3) is 0 Å². The summed E-state index contributed by atoms with van der Waals surface area (Å²) in [5.41, 5.74) is 9.19. The topological polar surface area (TPSA) is 55.1 Å². The number of carbonyl (C=O) groups excluding carboxylic acids is 1. The average molecular weight is 282 g/mol. The number of nitrogens with two attached hydrogens (primary N) is 1. The van der Waals surface area contributed by atoms with Crippen LogP contribution in [-0.2, 0) is 17.6 Å². The monoisotopic (exact) mass is 282 g/mol. The second-order valence-electron chi connectivity index (χ2n) is 5.17. The van der Waals surface area contributed by atoms with Gasteiger partial charge in [0.15, 0.2) is 0 Å². The lowest BCUT2D eigenvalue weighted by Gasteiger charge is -2.13. The van der Waals surface area contributed by atoms with Crippen LogP contribution in [0.15, 0.2) is 54.6 Å². The largest absolute Gasteiger partial charge is 0.325 e. The molecule has 0 saturated heterocycles. The Bertz CT molecular complexity index is 581. The number of nitrogens with one attached hydrogen (secondary N) is 1. The van der Waals surface area contributed by atoms with Gasteiger partial charge in [-0.3, -0.25) is 4.79 Å². The molecule has 2 rings (SSSR count). The summed E-state index contributed by atoms with van der Waals surface area (Å²) in [5.74, 6) is -0.126. The Kier molecular flexibility index (Phi) is 5.52. The Hall–Kier alpha value is -2.13. The molecule has 0 aliphatic carbocycles. The fourth-order valence-corrected chi connectivity index (χ4v) is 2.20. The van der Waals surface area contributed by atoms with Gasteiger partial charge in [-0.05, 0) is 42.5 Å². The molecular weight excluding hydrogens is 260 g/mol. The summed E-state index contributed by atoms with van der Waals surface area (Å²) in [5, 5.41) is 2.89. The number of benzene rings is 2. The fraction of sp³-hybridized carbons (Fsp3) is 0.278. The van der Waals surface area contributed by atoms with E-state index < -0.39 is 6.04 Å². The van der Waals surface area contributed by atoms with Crippen LogP contribution in [-0.4, -0.2) is 11.9 Å². The number of rotatable bonds is 6. The van der Waals surface area contributed by atoms with Crippen LogP contribution in [0.4, 0.5) is 5.69 Å². The van der Waals surface area contributed by atoms with Crippen LogP contribution in [0.5, 0.6) is 0 Å². The first-order valence-electron chi connectivity index (χ1n) is 7.38. The van der Waals surface area contributed by atoms with Crippen LogP contribution >= 0.6 is 0 Å². The zero-order valence-electron chi connectivity index (χ0n) is 12.4. The SMILES string of the molecule is CCc1cccc(NC(=O)[C@@H](N)CCc2ccccc2)c1. The molecule has 2 aromatic rings. The van der Waals surface area contributed by atoms with Crippen molar-refractivity contribution in [1.82, 2.24) is 0 Å². The molecule has 0 aliphatic rings. The highest BCUT2D eigenvalue weighted by atomic mass is 16.2. The molecule has 0 spiro atoms. The van der Waals surface area contributed by atoms with Gasteiger partial charge in [-0.15, -0.1) is 0 Å². The van der Waals surface area contributed by atoms with E-state index in [4.69, 9.17) is 5.73 Å². The first-order chi connectivity index (χ1) is 10.2. The van der Waals surface area contributed by atoms with E-state index in [2.05, 4.69) is 24.4 Å². The third-order valence-electron chi connectivity index (χ3n) is 3.53. The van der Waals surface area contributed by atoms with Gasteiger partial charge in [0.05, 0.1) is 6.04 Å². The Morgan fingerprint density at radius 3 is 2.52 bits per heavy atom. The minimum Gasteiger partial charge on any atom is -0.325 e. The van der Waals surface area contributed by atoms with Crippen molar-refractivity contribution in [3.05, 3.63) is 65.7 Å². The molecule has 110 valence electrons. The third kappa shape index (κ3) is 4.72. The summed E-state index contributed by atoms with van der Waals surface area (Å²) in [7, 11) is 0. The van der Waals surface area contributed by atoms with E-state index in [1.807, 2.05) is 42.5 Å². The zero-order valence-corrected chi connectivity index (χ0v) is 12.4. The van der Waals surface area contributed by atoms with Gasteiger partial charge in [0.1, 0.15) is 0 Å². The predicted molar refractivity (Wildman–Crippen MR) is 87.2 cm³/mol. The summed E-state index contributed by atoms with van der Waals surface area (Å²) in [6.45, 7) is 2.09. The molecule has 0 radical (unpaired) electrons. The third-order valence-corrected chi connectivity index (χ3v) is 3.53. The van der Waals surface area contributed by atoms with Crippen LogP contribution in [0.3, 0.4) is 0 Å². The Labute approximate surface area is 126 Å². The second-order valence-corrected chi connectivity index (χ2v) is 5.17. The molecule has 0 saturated carbocycles. The minimum atomic E-state index is -0.490. The standard InChI is InChI=1S/C18H22N2O/c1-2-14-9-6-10-16(13-14)20-18(21)17(19)12-11-15-7-4-3-5-8-15/h3-10,13,17H,2,11-12,19H2,1H3,(H,20,21)/t17-/m0/s1. The van der Waals surface area contributed by atoms with Crippen molar-refractivity contribution >= 4 is 11.6 Å². The lowest BCUT2D eigenvalue weighted by Crippen LogP contribution is -2.36. The number of amides is 1. The molecule has 0 aliphatic heterocycles. The normalized spacial score (nSPS) is 11.9. The maximum absolute atomic E-state index is 12.1. The van der Waals surface area contributed by atoms with Gasteiger partial charge in [-0.1, -0.05) is 49.4 Å². The van der Waals surface area contributed by atoms with E-state index in [-0.39, 0.29) is 5.91 Å². The van der Waals surface area contributed by atoms with Crippen molar-refractivity contribution in [2.75, 3.05) is 5.32 Å². The second kappa shape index (κ2) is 7.60. The van der Waals surface area contributed by atoms with Gasteiger partial charge >= 0.3 is 0 Å². The highest BCUT2D eigenvalue weighted by molar-refractivity contribution is 5.94. The van der Waals surface area contributed by atoms with E-state index in [9.17, 15) is 4.79 Å². The van der Waals surface area contributed by atoms with E-state index in [0.717, 1.165) is 18.5 Å². The molecule has 3 N–H and O–H groups in total. The molecular formula is C18H22N2O. The Morgan fingerprint density at radius 2 is 1.81 bits per heavy atom. The van der Waals surface area contributed by atoms with Gasteiger partial charge in [0.25, 0.3) is 0 Å². The van der Waals surface area contributed by atoms with Crippen LogP contribution < -0.4 is 11.1 Å². The lowest BCUT2D eigenvalue weighted by atomic mass is 10.1. The molecule has 3 heteroatoms. The van der Waals surface area contributed by atoms with Crippen LogP contribution in [0, 0.1) is 0 Å². The summed E-state index contributed by atoms with van der Waals surface area (Å²) >= 11 is 0. The summed E-state index contributed by atoms with van der Waals surface area (Å²) in [6, 6.07) is 17.5. The molecule has 0 aromatic heterocycles. The van der Waals surface area contributed by atoms with Crippen LogP contribution in [0.1, 0.15) is 24.5 Å². The molecule has 0 fully saturated rings. The molecule has 0 bridgehead atoms. The van der Waals surface area contributed by atoms with Gasteiger partial charge < -0.3 is 11.1 Å². The zero-order chi connectivity index (χ0) is 15.1. The van der Waals surface area contributed by atoms with Gasteiger partial charge in [-0.25, -0.2) is 0 Å². The minimum absolute atomic E-state index is 0.126. The first-order valence-corrected chi connectivity index (χ1v) is 7.38. The van der Waals surface area contributed by atoms with E-state index in [1.165, 1.54) is 11.1 Å². The quantitative estimate of drug-likeness (QED) is 0.855. The molecule has 2 aromatic carbocycles. The maximum atomic E-state index is 12.1. The smallest absolute Gasteiger partial charge is 0.241 e. The van der Waals surface area contributed by atoms with Crippen molar-refractivity contribution < 1.29 is 4.79 Å². The van der Waals surface area contributed by atoms with Crippen molar-refractivity contribution in [2.45, 2.75) is 32.2 Å². The summed E-state index contributed by atoms with van der Waals surface area (Å²) in [6.07, 6.45) is 2.40. The fourth-order valence-electron chi connectivity index (χ4n) is 2.20. The van der Waals surface area contributed by atoms with E-state index >= 15 is 0 Å². The van der Waals surface area contributed by atoms with Crippen molar-refractivity contribution in [1.29, 1.82) is 0 Å². The number of anilines is 1. The predicted octanol–water partition coefficient (Wildman–Crippen LogP) is 3.15. The van der Waals surface area contributed by atoms with Crippen LogP contribution in [0.2, 0.25) is 0 Å². The highest BCUT2D eigenvalue weighted by Gasteiger charge is 2.13.